The molecule has 122 valence electrons. The number of hydrogen-bond donors (Lipinski definition) is 1. The Bertz CT molecular complexity index is 970. The highest BCUT2D eigenvalue weighted by atomic mass is 35.5. The number of unbranched alkanes of at least 4 members (excludes halogenated alkanes) is 1. The van der Waals surface area contributed by atoms with Crippen LogP contribution in [0.5, 0.6) is 0 Å². The molecule has 2 aromatic heterocycles. The first-order chi connectivity index (χ1) is 11.6. The molecule has 3 aromatic rings. The van der Waals surface area contributed by atoms with Crippen LogP contribution in [0, 0.1) is 18.3 Å². The third kappa shape index (κ3) is 3.48. The maximum absolute atomic E-state index is 12.6. The van der Waals surface area contributed by atoms with E-state index in [1.165, 1.54) is 23.1 Å². The molecule has 1 aromatic carbocycles. The second kappa shape index (κ2) is 7.39. The second-order valence-corrected chi connectivity index (χ2v) is 7.92. The van der Waals surface area contributed by atoms with E-state index in [-0.39, 0.29) is 5.56 Å². The van der Waals surface area contributed by atoms with Crippen LogP contribution in [0.25, 0.3) is 21.3 Å². The lowest BCUT2D eigenvalue weighted by molar-refractivity contribution is 0.951. The molecule has 24 heavy (non-hydrogen) atoms. The van der Waals surface area contributed by atoms with E-state index >= 15 is 0 Å². The van der Waals surface area contributed by atoms with Crippen molar-refractivity contribution >= 4 is 44.9 Å². The summed E-state index contributed by atoms with van der Waals surface area (Å²) in [5.41, 5.74) is 1.75. The standard InChI is InChI=1S/C17H14ClN3OS2/c1-10-13(11-4-6-12(18)7-5-11)14-15(22)20-17(21-16(14)24-10)23-9-3-2-8-19/h4-7H,2-3,9H2,1H3,(H,20,21,22). The molecule has 0 bridgehead atoms. The molecule has 7 heteroatoms. The fourth-order valence-electron chi connectivity index (χ4n) is 2.45. The van der Waals surface area contributed by atoms with Gasteiger partial charge in [0.1, 0.15) is 4.83 Å². The number of thiophene rings is 1. The first-order valence-electron chi connectivity index (χ1n) is 7.39. The van der Waals surface area contributed by atoms with Crippen LogP contribution < -0.4 is 5.56 Å². The summed E-state index contributed by atoms with van der Waals surface area (Å²) in [6.45, 7) is 2.00. The van der Waals surface area contributed by atoms with Crippen LogP contribution in [0.3, 0.4) is 0 Å². The predicted molar refractivity (Wildman–Crippen MR) is 101 cm³/mol. The van der Waals surface area contributed by atoms with Gasteiger partial charge in [-0.1, -0.05) is 35.5 Å². The number of fused-ring (bicyclic) bond motifs is 1. The van der Waals surface area contributed by atoms with E-state index in [0.717, 1.165) is 33.0 Å². The zero-order valence-electron chi connectivity index (χ0n) is 12.9. The van der Waals surface area contributed by atoms with Gasteiger partial charge in [0.05, 0.1) is 11.5 Å². The number of halogens is 1. The monoisotopic (exact) mass is 375 g/mol. The molecule has 0 radical (unpaired) electrons. The Morgan fingerprint density at radius 3 is 2.83 bits per heavy atom. The third-order valence-electron chi connectivity index (χ3n) is 3.52. The number of benzene rings is 1. The van der Waals surface area contributed by atoms with Gasteiger partial charge < -0.3 is 4.98 Å². The van der Waals surface area contributed by atoms with Crippen LogP contribution in [0.4, 0.5) is 0 Å². The summed E-state index contributed by atoms with van der Waals surface area (Å²) in [7, 11) is 0. The minimum absolute atomic E-state index is 0.128. The number of aromatic nitrogens is 2. The van der Waals surface area contributed by atoms with Crippen molar-refractivity contribution in [3.63, 3.8) is 0 Å². The van der Waals surface area contributed by atoms with E-state index in [9.17, 15) is 4.79 Å². The summed E-state index contributed by atoms with van der Waals surface area (Å²) in [5, 5.41) is 10.5. The lowest BCUT2D eigenvalue weighted by Gasteiger charge is -2.03. The fourth-order valence-corrected chi connectivity index (χ4v) is 4.48. The van der Waals surface area contributed by atoms with Crippen LogP contribution in [0.2, 0.25) is 5.02 Å². The molecular weight excluding hydrogens is 362 g/mol. The van der Waals surface area contributed by atoms with Crippen LogP contribution in [-0.4, -0.2) is 15.7 Å². The molecule has 0 atom stereocenters. The molecule has 0 fully saturated rings. The Morgan fingerprint density at radius 2 is 2.12 bits per heavy atom. The maximum Gasteiger partial charge on any atom is 0.260 e. The quantitative estimate of drug-likeness (QED) is 0.386. The molecular formula is C17H14ClN3OS2. The van der Waals surface area contributed by atoms with E-state index in [4.69, 9.17) is 16.9 Å². The van der Waals surface area contributed by atoms with E-state index in [1.54, 1.807) is 0 Å². The van der Waals surface area contributed by atoms with Crippen molar-refractivity contribution < 1.29 is 0 Å². The molecule has 0 aliphatic heterocycles. The van der Waals surface area contributed by atoms with Crippen molar-refractivity contribution in [1.29, 1.82) is 5.26 Å². The minimum Gasteiger partial charge on any atom is -0.301 e. The normalized spacial score (nSPS) is 10.9. The van der Waals surface area contributed by atoms with Gasteiger partial charge in [-0.25, -0.2) is 4.98 Å². The Labute approximate surface area is 152 Å². The summed E-state index contributed by atoms with van der Waals surface area (Å²) >= 11 is 8.95. The number of hydrogen-bond acceptors (Lipinski definition) is 5. The summed E-state index contributed by atoms with van der Waals surface area (Å²) in [4.78, 5) is 21.8. The van der Waals surface area contributed by atoms with Gasteiger partial charge in [-0.3, -0.25) is 4.79 Å². The highest BCUT2D eigenvalue weighted by Gasteiger charge is 2.16. The first-order valence-corrected chi connectivity index (χ1v) is 9.57. The van der Waals surface area contributed by atoms with Gasteiger partial charge in [0.25, 0.3) is 5.56 Å². The molecule has 0 aliphatic rings. The van der Waals surface area contributed by atoms with E-state index in [1.807, 2.05) is 31.2 Å². The molecule has 3 rings (SSSR count). The minimum atomic E-state index is -0.128. The van der Waals surface area contributed by atoms with Gasteiger partial charge in [0.2, 0.25) is 0 Å². The van der Waals surface area contributed by atoms with Crippen LogP contribution in [0.1, 0.15) is 17.7 Å². The average Bonchev–Trinajstić information content (AvgIpc) is 2.89. The number of rotatable bonds is 5. The SMILES string of the molecule is Cc1sc2nc(SCCCC#N)[nH]c(=O)c2c1-c1ccc(Cl)cc1. The largest absolute Gasteiger partial charge is 0.301 e. The highest BCUT2D eigenvalue weighted by molar-refractivity contribution is 7.99. The highest BCUT2D eigenvalue weighted by Crippen LogP contribution is 2.36. The van der Waals surface area contributed by atoms with Crippen LogP contribution in [-0.2, 0) is 0 Å². The Morgan fingerprint density at radius 1 is 1.38 bits per heavy atom. The topological polar surface area (TPSA) is 69.5 Å². The molecule has 4 nitrogen and oxygen atoms in total. The van der Waals surface area contributed by atoms with Gasteiger partial charge in [-0.15, -0.1) is 11.3 Å². The van der Waals surface area contributed by atoms with Gasteiger partial charge in [0.15, 0.2) is 5.16 Å². The van der Waals surface area contributed by atoms with Gasteiger partial charge >= 0.3 is 0 Å². The lowest BCUT2D eigenvalue weighted by atomic mass is 10.0. The molecule has 0 spiro atoms. The number of nitriles is 1. The average molecular weight is 376 g/mol. The van der Waals surface area contributed by atoms with Gasteiger partial charge in [0, 0.05) is 27.6 Å². The van der Waals surface area contributed by atoms with Crippen molar-refractivity contribution in [3.05, 3.63) is 44.5 Å². The second-order valence-electron chi connectivity index (χ2n) is 5.20. The van der Waals surface area contributed by atoms with E-state index in [0.29, 0.717) is 22.0 Å². The molecule has 1 N–H and O–H groups in total. The summed E-state index contributed by atoms with van der Waals surface area (Å²) < 4.78 is 0. The van der Waals surface area contributed by atoms with Crippen molar-refractivity contribution in [2.24, 2.45) is 0 Å². The van der Waals surface area contributed by atoms with E-state index < -0.39 is 0 Å². The number of aromatic amines is 1. The number of nitrogens with zero attached hydrogens (tertiary/aromatic N) is 2. The predicted octanol–water partition coefficient (Wildman–Crippen LogP) is 5.01. The van der Waals surface area contributed by atoms with Crippen LogP contribution in [0.15, 0.2) is 34.2 Å². The molecule has 0 saturated carbocycles. The maximum atomic E-state index is 12.6. The lowest BCUT2D eigenvalue weighted by Crippen LogP contribution is -2.08. The first kappa shape index (κ1) is 17.0. The number of nitrogens with one attached hydrogen (secondary N) is 1. The zero-order chi connectivity index (χ0) is 17.1. The van der Waals surface area contributed by atoms with Crippen molar-refractivity contribution in [2.75, 3.05) is 5.75 Å². The summed E-state index contributed by atoms with van der Waals surface area (Å²) in [6.07, 6.45) is 1.29. The Hall–Kier alpha value is -1.81. The fraction of sp³-hybridized carbons (Fsp3) is 0.235. The van der Waals surface area contributed by atoms with Crippen molar-refractivity contribution in [2.45, 2.75) is 24.9 Å². The number of thioether (sulfide) groups is 1. The van der Waals surface area contributed by atoms with Crippen molar-refractivity contribution in [3.8, 4) is 17.2 Å². The molecule has 0 amide bonds. The molecule has 0 unspecified atom stereocenters. The molecule has 0 saturated heterocycles. The summed E-state index contributed by atoms with van der Waals surface area (Å²) in [6, 6.07) is 9.59. The number of aryl methyl sites for hydroxylation is 1. The van der Waals surface area contributed by atoms with Gasteiger partial charge in [-0.2, -0.15) is 5.26 Å². The zero-order valence-corrected chi connectivity index (χ0v) is 15.3. The third-order valence-corrected chi connectivity index (χ3v) is 5.73. The number of H-pyrrole nitrogens is 1. The molecule has 2 heterocycles. The smallest absolute Gasteiger partial charge is 0.260 e. The Kier molecular flexibility index (Phi) is 5.24. The molecule has 0 aliphatic carbocycles. The van der Waals surface area contributed by atoms with Gasteiger partial charge in [-0.05, 0) is 31.0 Å². The van der Waals surface area contributed by atoms with Crippen molar-refractivity contribution in [1.82, 2.24) is 9.97 Å². The van der Waals surface area contributed by atoms with Crippen LogP contribution >= 0.6 is 34.7 Å². The van der Waals surface area contributed by atoms with E-state index in [2.05, 4.69) is 16.0 Å². The summed E-state index contributed by atoms with van der Waals surface area (Å²) in [5.74, 6) is 0.760. The Balaban J connectivity index is 2.01.